The number of aryl methyl sites for hydroxylation is 2. The minimum Gasteiger partial charge on any atom is -0.296 e. The molecule has 5 nitrogen and oxygen atoms in total. The van der Waals surface area contributed by atoms with Crippen LogP contribution in [-0.2, 0) is 6.54 Å². The van der Waals surface area contributed by atoms with E-state index >= 15 is 0 Å². The lowest BCUT2D eigenvalue weighted by molar-refractivity contribution is 0.245. The minimum atomic E-state index is 0.495. The molecule has 2 aromatic carbocycles. The van der Waals surface area contributed by atoms with Crippen molar-refractivity contribution in [3.8, 4) is 11.4 Å². The third kappa shape index (κ3) is 4.37. The fourth-order valence-electron chi connectivity index (χ4n) is 3.73. The molecule has 0 aliphatic carbocycles. The first-order valence-corrected chi connectivity index (χ1v) is 9.91. The monoisotopic (exact) mass is 381 g/mol. The van der Waals surface area contributed by atoms with Gasteiger partial charge in [-0.1, -0.05) is 53.6 Å². The number of aromatic nitrogens is 4. The van der Waals surface area contributed by atoms with Crippen molar-refractivity contribution in [3.05, 3.63) is 64.7 Å². The zero-order chi connectivity index (χ0) is 18.6. The van der Waals surface area contributed by atoms with Crippen molar-refractivity contribution < 1.29 is 0 Å². The summed E-state index contributed by atoms with van der Waals surface area (Å²) in [5.74, 6) is 0.690. The fraction of sp³-hybridized carbons (Fsp3) is 0.381. The molecule has 0 N–H and O–H groups in total. The van der Waals surface area contributed by atoms with Crippen LogP contribution >= 0.6 is 11.6 Å². The number of nitrogens with zero attached hydrogens (tertiary/aromatic N) is 5. The quantitative estimate of drug-likeness (QED) is 0.629. The Hall–Kier alpha value is -2.24. The highest BCUT2D eigenvalue weighted by Crippen LogP contribution is 2.32. The summed E-state index contributed by atoms with van der Waals surface area (Å²) < 4.78 is 0. The molecule has 1 fully saturated rings. The summed E-state index contributed by atoms with van der Waals surface area (Å²) in [5, 5.41) is 13.7. The fourth-order valence-corrected chi connectivity index (χ4v) is 3.85. The second-order valence-corrected chi connectivity index (χ2v) is 7.61. The number of benzene rings is 2. The van der Waals surface area contributed by atoms with Gasteiger partial charge in [-0.25, -0.2) is 0 Å². The number of halogens is 1. The highest BCUT2D eigenvalue weighted by molar-refractivity contribution is 6.30. The van der Waals surface area contributed by atoms with E-state index in [4.69, 9.17) is 11.6 Å². The Balaban J connectivity index is 1.33. The van der Waals surface area contributed by atoms with Crippen molar-refractivity contribution in [1.29, 1.82) is 0 Å². The first-order chi connectivity index (χ1) is 13.2. The number of tetrazole rings is 1. The molecule has 0 radical (unpaired) electrons. The van der Waals surface area contributed by atoms with E-state index in [0.29, 0.717) is 11.9 Å². The molecule has 1 aromatic heterocycles. The first-order valence-electron chi connectivity index (χ1n) is 9.53. The lowest BCUT2D eigenvalue weighted by Crippen LogP contribution is -2.25. The van der Waals surface area contributed by atoms with Crippen LogP contribution < -0.4 is 0 Å². The predicted molar refractivity (Wildman–Crippen MR) is 108 cm³/mol. The Morgan fingerprint density at radius 3 is 2.59 bits per heavy atom. The molecule has 2 heterocycles. The van der Waals surface area contributed by atoms with Gasteiger partial charge < -0.3 is 0 Å². The lowest BCUT2D eigenvalue weighted by atomic mass is 10.0. The van der Waals surface area contributed by atoms with E-state index in [2.05, 4.69) is 51.5 Å². The second-order valence-electron chi connectivity index (χ2n) is 7.17. The Morgan fingerprint density at radius 1 is 1.04 bits per heavy atom. The SMILES string of the molecule is Cc1ccc(-c2nnn(CCCN3CCCC3c3ccc(Cl)cc3)n2)cc1. The third-order valence-electron chi connectivity index (χ3n) is 5.18. The van der Waals surface area contributed by atoms with Gasteiger partial charge >= 0.3 is 0 Å². The molecule has 0 amide bonds. The summed E-state index contributed by atoms with van der Waals surface area (Å²) in [6.45, 7) is 5.04. The van der Waals surface area contributed by atoms with Gasteiger partial charge in [0.25, 0.3) is 0 Å². The van der Waals surface area contributed by atoms with Gasteiger partial charge in [0.1, 0.15) is 0 Å². The van der Waals surface area contributed by atoms with E-state index in [0.717, 1.165) is 36.6 Å². The molecule has 1 aliphatic heterocycles. The standard InChI is InChI=1S/C21H24ClN5/c1-16-5-7-18(8-6-16)21-23-25-27(24-21)15-3-14-26-13-2-4-20(26)17-9-11-19(22)12-10-17/h5-12,20H,2-4,13-15H2,1H3. The number of rotatable bonds is 6. The summed E-state index contributed by atoms with van der Waals surface area (Å²) in [4.78, 5) is 4.27. The molecular weight excluding hydrogens is 358 g/mol. The molecule has 1 unspecified atom stereocenters. The number of likely N-dealkylation sites (tertiary alicyclic amines) is 1. The van der Waals surface area contributed by atoms with Gasteiger partial charge in [0.05, 0.1) is 6.54 Å². The molecule has 0 spiro atoms. The van der Waals surface area contributed by atoms with Gasteiger partial charge in [-0.3, -0.25) is 4.90 Å². The Bertz CT molecular complexity index is 872. The van der Waals surface area contributed by atoms with Crippen molar-refractivity contribution in [2.75, 3.05) is 13.1 Å². The molecule has 1 aliphatic rings. The van der Waals surface area contributed by atoms with Crippen molar-refractivity contribution in [2.45, 2.75) is 38.8 Å². The average molecular weight is 382 g/mol. The molecule has 27 heavy (non-hydrogen) atoms. The minimum absolute atomic E-state index is 0.495. The molecule has 1 saturated heterocycles. The van der Waals surface area contributed by atoms with E-state index in [1.54, 1.807) is 4.80 Å². The van der Waals surface area contributed by atoms with Crippen LogP contribution in [0.1, 0.15) is 36.4 Å². The van der Waals surface area contributed by atoms with E-state index < -0.39 is 0 Å². The molecule has 0 saturated carbocycles. The smallest absolute Gasteiger partial charge is 0.204 e. The zero-order valence-corrected chi connectivity index (χ0v) is 16.3. The van der Waals surface area contributed by atoms with Crippen LogP contribution in [0.4, 0.5) is 0 Å². The Labute approximate surface area is 165 Å². The van der Waals surface area contributed by atoms with Crippen LogP contribution in [0.5, 0.6) is 0 Å². The molecule has 140 valence electrons. The summed E-state index contributed by atoms with van der Waals surface area (Å²) in [5.41, 5.74) is 3.60. The highest BCUT2D eigenvalue weighted by atomic mass is 35.5. The van der Waals surface area contributed by atoms with E-state index in [1.165, 1.54) is 24.0 Å². The second kappa shape index (κ2) is 8.19. The van der Waals surface area contributed by atoms with Gasteiger partial charge in [-0.15, -0.1) is 10.2 Å². The Morgan fingerprint density at radius 2 is 1.81 bits per heavy atom. The van der Waals surface area contributed by atoms with Crippen molar-refractivity contribution in [1.82, 2.24) is 25.1 Å². The van der Waals surface area contributed by atoms with Gasteiger partial charge in [0.15, 0.2) is 0 Å². The van der Waals surface area contributed by atoms with E-state index in [-0.39, 0.29) is 0 Å². The molecule has 0 bridgehead atoms. The van der Waals surface area contributed by atoms with Gasteiger partial charge in [0.2, 0.25) is 5.82 Å². The van der Waals surface area contributed by atoms with Crippen LogP contribution in [0.25, 0.3) is 11.4 Å². The van der Waals surface area contributed by atoms with E-state index in [9.17, 15) is 0 Å². The zero-order valence-electron chi connectivity index (χ0n) is 15.6. The van der Waals surface area contributed by atoms with E-state index in [1.807, 2.05) is 24.3 Å². The highest BCUT2D eigenvalue weighted by Gasteiger charge is 2.25. The molecule has 6 heteroatoms. The molecule has 3 aromatic rings. The van der Waals surface area contributed by atoms with Crippen LogP contribution in [0.2, 0.25) is 5.02 Å². The van der Waals surface area contributed by atoms with Crippen LogP contribution in [-0.4, -0.2) is 38.2 Å². The van der Waals surface area contributed by atoms with Crippen LogP contribution in [0.15, 0.2) is 48.5 Å². The van der Waals surface area contributed by atoms with Gasteiger partial charge in [-0.2, -0.15) is 4.80 Å². The van der Waals surface area contributed by atoms with Gasteiger partial charge in [0, 0.05) is 23.2 Å². The Kier molecular flexibility index (Phi) is 5.50. The third-order valence-corrected chi connectivity index (χ3v) is 5.44. The molecule has 1 atom stereocenters. The normalized spacial score (nSPS) is 17.5. The maximum Gasteiger partial charge on any atom is 0.204 e. The summed E-state index contributed by atoms with van der Waals surface area (Å²) in [6, 6.07) is 17.0. The topological polar surface area (TPSA) is 46.8 Å². The maximum atomic E-state index is 6.02. The summed E-state index contributed by atoms with van der Waals surface area (Å²) >= 11 is 6.02. The predicted octanol–water partition coefficient (Wildman–Crippen LogP) is 4.53. The molecular formula is C21H24ClN5. The lowest BCUT2D eigenvalue weighted by Gasteiger charge is -2.24. The number of hydrogen-bond donors (Lipinski definition) is 0. The molecule has 4 rings (SSSR count). The first kappa shape index (κ1) is 18.1. The summed E-state index contributed by atoms with van der Waals surface area (Å²) in [6.07, 6.45) is 3.46. The largest absolute Gasteiger partial charge is 0.296 e. The van der Waals surface area contributed by atoms with Gasteiger partial charge in [-0.05, 0) is 55.6 Å². The average Bonchev–Trinajstić information content (AvgIpc) is 3.33. The van der Waals surface area contributed by atoms with Crippen molar-refractivity contribution >= 4 is 11.6 Å². The number of hydrogen-bond acceptors (Lipinski definition) is 4. The summed E-state index contributed by atoms with van der Waals surface area (Å²) in [7, 11) is 0. The van der Waals surface area contributed by atoms with Crippen molar-refractivity contribution in [2.24, 2.45) is 0 Å². The van der Waals surface area contributed by atoms with Crippen molar-refractivity contribution in [3.63, 3.8) is 0 Å². The van der Waals surface area contributed by atoms with Crippen LogP contribution in [0.3, 0.4) is 0 Å². The van der Waals surface area contributed by atoms with Crippen LogP contribution in [0, 0.1) is 6.92 Å². The maximum absolute atomic E-state index is 6.02.